The van der Waals surface area contributed by atoms with Gasteiger partial charge >= 0.3 is 0 Å². The van der Waals surface area contributed by atoms with Crippen molar-refractivity contribution in [1.82, 2.24) is 5.32 Å². The Morgan fingerprint density at radius 3 is 2.22 bits per heavy atom. The first-order valence-electron chi connectivity index (χ1n) is 16.5. The van der Waals surface area contributed by atoms with E-state index in [4.69, 9.17) is 24.9 Å². The van der Waals surface area contributed by atoms with Crippen molar-refractivity contribution in [3.8, 4) is 11.5 Å². The third kappa shape index (κ3) is 5.53. The third-order valence-electron chi connectivity index (χ3n) is 11.0. The lowest BCUT2D eigenvalue weighted by Crippen LogP contribution is -2.78. The van der Waals surface area contributed by atoms with Crippen molar-refractivity contribution in [1.29, 1.82) is 0 Å². The van der Waals surface area contributed by atoms with Crippen molar-refractivity contribution in [2.45, 2.75) is 90.1 Å². The standard InChI is InChI=1S/C37H48IN3O5/c1-20(2)24-16-23(38)11-12-26(24)40-27(32-28(44-6)9-8-10-29(32)45-7)17-25(39)33(42)41-37(34(43)46-35(3,4)5)30-14-21-13-22-15-31(37)36(30,18-21)19-22/h8-12,16-17,20-22,30-31,34,43H,13-15,18-19,39H2,1-7H3,(H,41,42). The smallest absolute Gasteiger partial charge is 0.267 e. The monoisotopic (exact) mass is 741 g/mol. The average molecular weight is 742 g/mol. The van der Waals surface area contributed by atoms with E-state index in [1.807, 2.05) is 51.1 Å². The first-order chi connectivity index (χ1) is 21.7. The molecule has 2 aromatic rings. The fourth-order valence-corrected chi connectivity index (χ4v) is 10.1. The molecular weight excluding hydrogens is 693 g/mol. The van der Waals surface area contributed by atoms with Crippen LogP contribution in [0.25, 0.3) is 0 Å². The number of rotatable bonds is 10. The Morgan fingerprint density at radius 2 is 1.67 bits per heavy atom. The number of carbonyl (C=O) groups excluding carboxylic acids is 1. The largest absolute Gasteiger partial charge is 0.496 e. The zero-order chi connectivity index (χ0) is 33.2. The van der Waals surface area contributed by atoms with Crippen molar-refractivity contribution in [3.05, 3.63) is 62.9 Å². The van der Waals surface area contributed by atoms with Gasteiger partial charge in [-0.05, 0) is 152 Å². The van der Waals surface area contributed by atoms with E-state index in [-0.39, 0.29) is 28.9 Å². The molecule has 0 saturated heterocycles. The summed E-state index contributed by atoms with van der Waals surface area (Å²) < 4.78 is 18.9. The predicted octanol–water partition coefficient (Wildman–Crippen LogP) is 6.84. The Labute approximate surface area is 286 Å². The van der Waals surface area contributed by atoms with Crippen LogP contribution in [0.2, 0.25) is 0 Å². The highest BCUT2D eigenvalue weighted by atomic mass is 127. The molecule has 46 heavy (non-hydrogen) atoms. The second-order valence-corrected chi connectivity index (χ2v) is 16.4. The molecule has 4 fully saturated rings. The number of nitrogens with two attached hydrogens (primary N) is 1. The summed E-state index contributed by atoms with van der Waals surface area (Å²) in [6, 6.07) is 11.6. The molecule has 0 radical (unpaired) electrons. The van der Waals surface area contributed by atoms with Crippen molar-refractivity contribution in [3.63, 3.8) is 0 Å². The molecule has 6 rings (SSSR count). The number of hydrogen-bond acceptors (Lipinski definition) is 7. The second-order valence-electron chi connectivity index (χ2n) is 15.1. The summed E-state index contributed by atoms with van der Waals surface area (Å²) >= 11 is 2.31. The molecule has 4 saturated carbocycles. The molecule has 0 heterocycles. The van der Waals surface area contributed by atoms with Gasteiger partial charge in [0.05, 0.1) is 48.0 Å². The fourth-order valence-electron chi connectivity index (χ4n) is 9.57. The normalized spacial score (nSPS) is 30.7. The number of amides is 1. The van der Waals surface area contributed by atoms with E-state index in [1.165, 1.54) is 19.3 Å². The molecule has 248 valence electrons. The van der Waals surface area contributed by atoms with Gasteiger partial charge in [-0.25, -0.2) is 4.99 Å². The van der Waals surface area contributed by atoms with Crippen molar-refractivity contribution >= 4 is 39.9 Å². The van der Waals surface area contributed by atoms with Crippen LogP contribution in [0.4, 0.5) is 5.69 Å². The molecule has 0 aliphatic heterocycles. The zero-order valence-electron chi connectivity index (χ0n) is 28.0. The minimum absolute atomic E-state index is 0.00990. The maximum atomic E-state index is 14.2. The van der Waals surface area contributed by atoms with Gasteiger partial charge in [0.2, 0.25) is 0 Å². The number of allylic oxidation sites excluding steroid dienone is 1. The molecule has 5 atom stereocenters. The quantitative estimate of drug-likeness (QED) is 0.106. The van der Waals surface area contributed by atoms with Crippen LogP contribution in [0, 0.1) is 32.7 Å². The molecule has 0 aromatic heterocycles. The van der Waals surface area contributed by atoms with Gasteiger partial charge in [-0.2, -0.15) is 0 Å². The number of fused-ring (bicyclic) bond motifs is 2. The number of benzene rings is 2. The fraction of sp³-hybridized carbons (Fsp3) is 0.568. The predicted molar refractivity (Wildman–Crippen MR) is 188 cm³/mol. The second kappa shape index (κ2) is 12.1. The summed E-state index contributed by atoms with van der Waals surface area (Å²) in [6.07, 6.45) is 6.08. The molecular formula is C37H48IN3O5. The number of methoxy groups -OCH3 is 2. The third-order valence-corrected chi connectivity index (χ3v) is 11.6. The van der Waals surface area contributed by atoms with Gasteiger partial charge in [0, 0.05) is 3.57 Å². The van der Waals surface area contributed by atoms with E-state index < -0.39 is 23.3 Å². The number of ether oxygens (including phenoxy) is 3. The highest BCUT2D eigenvalue weighted by Crippen LogP contribution is 2.79. The number of aliphatic imine (C=N–C) groups is 1. The van der Waals surface area contributed by atoms with Gasteiger partial charge < -0.3 is 30.4 Å². The Hall–Kier alpha value is -2.63. The molecule has 8 nitrogen and oxygen atoms in total. The van der Waals surface area contributed by atoms with Gasteiger partial charge in [0.15, 0.2) is 6.29 Å². The van der Waals surface area contributed by atoms with Crippen LogP contribution in [-0.4, -0.2) is 48.4 Å². The van der Waals surface area contributed by atoms with E-state index in [2.05, 4.69) is 47.8 Å². The van der Waals surface area contributed by atoms with Crippen molar-refractivity contribution in [2.75, 3.05) is 14.2 Å². The lowest BCUT2D eigenvalue weighted by atomic mass is 9.44. The number of nitrogens with one attached hydrogen (secondary N) is 1. The van der Waals surface area contributed by atoms with Crippen molar-refractivity contribution < 1.29 is 24.1 Å². The van der Waals surface area contributed by atoms with E-state index in [1.54, 1.807) is 20.3 Å². The van der Waals surface area contributed by atoms with Gasteiger partial charge in [-0.3, -0.25) is 4.79 Å². The Bertz CT molecular complexity index is 1530. The highest BCUT2D eigenvalue weighted by Gasteiger charge is 2.80. The number of hydrogen-bond donors (Lipinski definition) is 3. The lowest BCUT2D eigenvalue weighted by molar-refractivity contribution is -0.281. The maximum absolute atomic E-state index is 14.2. The lowest BCUT2D eigenvalue weighted by Gasteiger charge is -2.66. The van der Waals surface area contributed by atoms with Crippen LogP contribution >= 0.6 is 22.6 Å². The van der Waals surface area contributed by atoms with Gasteiger partial charge in [-0.1, -0.05) is 19.9 Å². The van der Waals surface area contributed by atoms with Crippen LogP contribution in [0.3, 0.4) is 0 Å². The molecule has 2 aromatic carbocycles. The molecule has 5 unspecified atom stereocenters. The zero-order valence-corrected chi connectivity index (χ0v) is 30.2. The van der Waals surface area contributed by atoms with Crippen LogP contribution in [0.5, 0.6) is 11.5 Å². The molecule has 1 amide bonds. The molecule has 4 N–H and O–H groups in total. The number of nitrogens with zero attached hydrogens (tertiary/aromatic N) is 1. The summed E-state index contributed by atoms with van der Waals surface area (Å²) in [5, 5.41) is 15.1. The van der Waals surface area contributed by atoms with E-state index in [9.17, 15) is 9.90 Å². The minimum atomic E-state index is -1.15. The Kier molecular flexibility index (Phi) is 8.76. The molecule has 3 bridgehead atoms. The van der Waals surface area contributed by atoms with Crippen LogP contribution < -0.4 is 20.5 Å². The van der Waals surface area contributed by atoms with Crippen LogP contribution in [0.1, 0.15) is 83.8 Å². The number of carbonyl (C=O) groups is 1. The molecule has 1 spiro atoms. The van der Waals surface area contributed by atoms with Crippen LogP contribution in [-0.2, 0) is 9.53 Å². The van der Waals surface area contributed by atoms with Gasteiger partial charge in [0.25, 0.3) is 5.91 Å². The SMILES string of the molecule is COc1cccc(OC)c1C(C=C(N)C(=O)NC1(C(O)OC(C)(C)C)C2CC3CC4CC1C2(C3)C4)=Nc1ccc(I)cc1C(C)C. The van der Waals surface area contributed by atoms with Gasteiger partial charge in [0.1, 0.15) is 11.5 Å². The summed E-state index contributed by atoms with van der Waals surface area (Å²) in [6.45, 7) is 10.1. The number of aliphatic hydroxyl groups is 1. The van der Waals surface area contributed by atoms with E-state index in [0.29, 0.717) is 34.6 Å². The molecule has 4 aliphatic rings. The van der Waals surface area contributed by atoms with Gasteiger partial charge in [-0.15, -0.1) is 0 Å². The first kappa shape index (κ1) is 33.3. The maximum Gasteiger partial charge on any atom is 0.267 e. The summed E-state index contributed by atoms with van der Waals surface area (Å²) in [5.41, 5.74) is 8.27. The Morgan fingerprint density at radius 1 is 1.07 bits per heavy atom. The minimum Gasteiger partial charge on any atom is -0.496 e. The Balaban J connectivity index is 1.42. The van der Waals surface area contributed by atoms with Crippen LogP contribution in [0.15, 0.2) is 53.2 Å². The summed E-state index contributed by atoms with van der Waals surface area (Å²) in [5.74, 6) is 2.45. The summed E-state index contributed by atoms with van der Waals surface area (Å²) in [7, 11) is 3.19. The topological polar surface area (TPSA) is 115 Å². The number of halogens is 1. The highest BCUT2D eigenvalue weighted by molar-refractivity contribution is 14.1. The molecule has 9 heteroatoms. The molecule has 4 aliphatic carbocycles. The van der Waals surface area contributed by atoms with Crippen molar-refractivity contribution in [2.24, 2.45) is 39.8 Å². The average Bonchev–Trinajstić information content (AvgIpc) is 3.39. The summed E-state index contributed by atoms with van der Waals surface area (Å²) in [4.78, 5) is 19.4. The number of aliphatic hydroxyl groups excluding tert-OH is 1. The van der Waals surface area contributed by atoms with E-state index >= 15 is 0 Å². The first-order valence-corrected chi connectivity index (χ1v) is 17.5. The van der Waals surface area contributed by atoms with E-state index in [0.717, 1.165) is 27.7 Å².